The fourth-order valence-corrected chi connectivity index (χ4v) is 2.80. The standard InChI is InChI=1S/C14H23FN4/c1-3-19(9-11-7-5-4-6-8-11)14-12(15)13(16-2)17-10-18-14/h10-11H,3-9H2,1-2H3,(H,16,17,18). The molecule has 1 heterocycles. The molecule has 2 rings (SSSR count). The van der Waals surface area contributed by atoms with Crippen molar-refractivity contribution in [3.63, 3.8) is 0 Å². The van der Waals surface area contributed by atoms with E-state index >= 15 is 0 Å². The van der Waals surface area contributed by atoms with Crippen molar-refractivity contribution in [1.29, 1.82) is 0 Å². The van der Waals surface area contributed by atoms with Crippen molar-refractivity contribution in [1.82, 2.24) is 9.97 Å². The normalized spacial score (nSPS) is 16.4. The summed E-state index contributed by atoms with van der Waals surface area (Å²) in [5, 5.41) is 2.77. The number of aromatic nitrogens is 2. The van der Waals surface area contributed by atoms with Crippen LogP contribution < -0.4 is 10.2 Å². The Balaban J connectivity index is 2.12. The Bertz CT molecular complexity index is 404. The Morgan fingerprint density at radius 2 is 2.05 bits per heavy atom. The molecule has 0 saturated heterocycles. The van der Waals surface area contributed by atoms with E-state index in [2.05, 4.69) is 15.3 Å². The predicted molar refractivity (Wildman–Crippen MR) is 76.0 cm³/mol. The van der Waals surface area contributed by atoms with Gasteiger partial charge in [-0.3, -0.25) is 0 Å². The van der Waals surface area contributed by atoms with E-state index in [1.165, 1.54) is 38.4 Å². The molecule has 1 aromatic heterocycles. The van der Waals surface area contributed by atoms with Crippen LogP contribution in [0.3, 0.4) is 0 Å². The van der Waals surface area contributed by atoms with Gasteiger partial charge in [0, 0.05) is 20.1 Å². The Hall–Kier alpha value is -1.39. The van der Waals surface area contributed by atoms with E-state index in [0.29, 0.717) is 11.7 Å². The molecule has 1 aliphatic rings. The molecule has 106 valence electrons. The van der Waals surface area contributed by atoms with Gasteiger partial charge in [0.15, 0.2) is 11.6 Å². The molecule has 4 nitrogen and oxygen atoms in total. The summed E-state index contributed by atoms with van der Waals surface area (Å²) in [7, 11) is 1.67. The molecule has 0 spiro atoms. The lowest BCUT2D eigenvalue weighted by molar-refractivity contribution is 0.357. The first-order valence-corrected chi connectivity index (χ1v) is 7.19. The first kappa shape index (κ1) is 14.0. The second kappa shape index (κ2) is 6.68. The lowest BCUT2D eigenvalue weighted by Crippen LogP contribution is -2.32. The molecule has 19 heavy (non-hydrogen) atoms. The number of halogens is 1. The van der Waals surface area contributed by atoms with Crippen LogP contribution in [0.1, 0.15) is 39.0 Å². The summed E-state index contributed by atoms with van der Waals surface area (Å²) in [4.78, 5) is 10.1. The van der Waals surface area contributed by atoms with Crippen molar-refractivity contribution in [2.24, 2.45) is 5.92 Å². The molecule has 5 heteroatoms. The maximum Gasteiger partial charge on any atom is 0.207 e. The number of nitrogens with one attached hydrogen (secondary N) is 1. The number of nitrogens with zero attached hydrogens (tertiary/aromatic N) is 3. The monoisotopic (exact) mass is 266 g/mol. The van der Waals surface area contributed by atoms with Gasteiger partial charge < -0.3 is 10.2 Å². The summed E-state index contributed by atoms with van der Waals surface area (Å²) in [5.74, 6) is 1.02. The summed E-state index contributed by atoms with van der Waals surface area (Å²) in [6.07, 6.45) is 7.87. The van der Waals surface area contributed by atoms with Crippen molar-refractivity contribution >= 4 is 11.6 Å². The van der Waals surface area contributed by atoms with Crippen molar-refractivity contribution < 1.29 is 4.39 Å². The second-order valence-corrected chi connectivity index (χ2v) is 5.15. The Labute approximate surface area is 114 Å². The van der Waals surface area contributed by atoms with Gasteiger partial charge in [0.25, 0.3) is 0 Å². The van der Waals surface area contributed by atoms with E-state index in [1.807, 2.05) is 11.8 Å². The molecule has 1 N–H and O–H groups in total. The van der Waals surface area contributed by atoms with Gasteiger partial charge >= 0.3 is 0 Å². The molecule has 0 bridgehead atoms. The molecule has 1 fully saturated rings. The molecule has 0 aromatic carbocycles. The first-order valence-electron chi connectivity index (χ1n) is 7.19. The fourth-order valence-electron chi connectivity index (χ4n) is 2.80. The highest BCUT2D eigenvalue weighted by atomic mass is 19.1. The fraction of sp³-hybridized carbons (Fsp3) is 0.714. The maximum absolute atomic E-state index is 14.2. The molecule has 1 aromatic rings. The SMILES string of the molecule is CCN(CC1CCCCC1)c1ncnc(NC)c1F. The molecule has 1 saturated carbocycles. The first-order chi connectivity index (χ1) is 9.26. The van der Waals surface area contributed by atoms with Crippen molar-refractivity contribution in [2.75, 3.05) is 30.4 Å². The van der Waals surface area contributed by atoms with E-state index in [4.69, 9.17) is 0 Å². The third-order valence-electron chi connectivity index (χ3n) is 3.89. The molecule has 0 atom stereocenters. The van der Waals surface area contributed by atoms with Gasteiger partial charge in [-0.05, 0) is 25.7 Å². The van der Waals surface area contributed by atoms with Gasteiger partial charge in [0.2, 0.25) is 5.82 Å². The van der Waals surface area contributed by atoms with Crippen LogP contribution >= 0.6 is 0 Å². The maximum atomic E-state index is 14.2. The van der Waals surface area contributed by atoms with Gasteiger partial charge in [-0.1, -0.05) is 19.3 Å². The zero-order valence-corrected chi connectivity index (χ0v) is 11.8. The largest absolute Gasteiger partial charge is 0.371 e. The van der Waals surface area contributed by atoms with E-state index in [0.717, 1.165) is 13.1 Å². The highest BCUT2D eigenvalue weighted by molar-refractivity contribution is 5.50. The summed E-state index contributed by atoms with van der Waals surface area (Å²) < 4.78 is 14.2. The summed E-state index contributed by atoms with van der Waals surface area (Å²) in [6.45, 7) is 3.71. The van der Waals surface area contributed by atoms with Crippen LogP contribution in [0.4, 0.5) is 16.0 Å². The average Bonchev–Trinajstić information content (AvgIpc) is 2.46. The number of anilines is 2. The summed E-state index contributed by atoms with van der Waals surface area (Å²) >= 11 is 0. The van der Waals surface area contributed by atoms with Gasteiger partial charge in [0.05, 0.1) is 0 Å². The van der Waals surface area contributed by atoms with E-state index in [9.17, 15) is 4.39 Å². The minimum absolute atomic E-state index is 0.270. The molecule has 0 radical (unpaired) electrons. The topological polar surface area (TPSA) is 41.1 Å². The molecule has 0 aliphatic heterocycles. The van der Waals surface area contributed by atoms with Gasteiger partial charge in [-0.25, -0.2) is 9.97 Å². The van der Waals surface area contributed by atoms with Crippen molar-refractivity contribution in [2.45, 2.75) is 39.0 Å². The second-order valence-electron chi connectivity index (χ2n) is 5.15. The van der Waals surface area contributed by atoms with Gasteiger partial charge in [0.1, 0.15) is 6.33 Å². The number of rotatable bonds is 5. The van der Waals surface area contributed by atoms with Crippen molar-refractivity contribution in [3.05, 3.63) is 12.1 Å². The molecular weight excluding hydrogens is 243 g/mol. The van der Waals surface area contributed by atoms with Crippen LogP contribution in [0.25, 0.3) is 0 Å². The third-order valence-corrected chi connectivity index (χ3v) is 3.89. The molecule has 0 amide bonds. The van der Waals surface area contributed by atoms with Crippen LogP contribution in [0.15, 0.2) is 6.33 Å². The van der Waals surface area contributed by atoms with E-state index in [-0.39, 0.29) is 11.6 Å². The highest BCUT2D eigenvalue weighted by Crippen LogP contribution is 2.27. The summed E-state index contributed by atoms with van der Waals surface area (Å²) in [6, 6.07) is 0. The van der Waals surface area contributed by atoms with Crippen LogP contribution in [0.5, 0.6) is 0 Å². The highest BCUT2D eigenvalue weighted by Gasteiger charge is 2.21. The zero-order valence-electron chi connectivity index (χ0n) is 11.8. The zero-order chi connectivity index (χ0) is 13.7. The van der Waals surface area contributed by atoms with Crippen LogP contribution in [0, 0.1) is 11.7 Å². The molecule has 0 unspecified atom stereocenters. The number of hydrogen-bond donors (Lipinski definition) is 1. The third kappa shape index (κ3) is 3.33. The average molecular weight is 266 g/mol. The van der Waals surface area contributed by atoms with Crippen molar-refractivity contribution in [3.8, 4) is 0 Å². The lowest BCUT2D eigenvalue weighted by Gasteiger charge is -2.30. The van der Waals surface area contributed by atoms with Gasteiger partial charge in [-0.2, -0.15) is 4.39 Å². The Morgan fingerprint density at radius 1 is 1.32 bits per heavy atom. The minimum atomic E-state index is -0.345. The molecular formula is C14H23FN4. The Kier molecular flexibility index (Phi) is 4.93. The quantitative estimate of drug-likeness (QED) is 0.889. The Morgan fingerprint density at radius 3 is 2.68 bits per heavy atom. The van der Waals surface area contributed by atoms with Crippen LogP contribution in [-0.4, -0.2) is 30.1 Å². The predicted octanol–water partition coefficient (Wildman–Crippen LogP) is 3.06. The smallest absolute Gasteiger partial charge is 0.207 e. The lowest BCUT2D eigenvalue weighted by atomic mass is 9.89. The number of hydrogen-bond acceptors (Lipinski definition) is 4. The minimum Gasteiger partial charge on any atom is -0.371 e. The van der Waals surface area contributed by atoms with Gasteiger partial charge in [-0.15, -0.1) is 0 Å². The van der Waals surface area contributed by atoms with E-state index < -0.39 is 0 Å². The van der Waals surface area contributed by atoms with Crippen LogP contribution in [-0.2, 0) is 0 Å². The van der Waals surface area contributed by atoms with E-state index in [1.54, 1.807) is 7.05 Å². The molecule has 1 aliphatic carbocycles. The van der Waals surface area contributed by atoms with Crippen LogP contribution in [0.2, 0.25) is 0 Å². The summed E-state index contributed by atoms with van der Waals surface area (Å²) in [5.41, 5.74) is 0.